The Morgan fingerprint density at radius 2 is 2.29 bits per heavy atom. The molecule has 0 bridgehead atoms. The van der Waals surface area contributed by atoms with Crippen LogP contribution in [0, 0.1) is 10.1 Å². The van der Waals surface area contributed by atoms with E-state index in [9.17, 15) is 14.9 Å². The van der Waals surface area contributed by atoms with Crippen LogP contribution in [0.5, 0.6) is 0 Å². The Kier molecular flexibility index (Phi) is 4.75. The van der Waals surface area contributed by atoms with Gasteiger partial charge in [-0.1, -0.05) is 12.1 Å². The number of carbonyl (C=O) groups is 1. The van der Waals surface area contributed by atoms with Crippen molar-refractivity contribution in [3.63, 3.8) is 0 Å². The Balaban J connectivity index is 1.51. The Morgan fingerprint density at radius 3 is 3.00 bits per heavy atom. The van der Waals surface area contributed by atoms with Crippen molar-refractivity contribution in [1.29, 1.82) is 0 Å². The van der Waals surface area contributed by atoms with Crippen molar-refractivity contribution in [1.82, 2.24) is 15.6 Å². The number of hydrogen-bond acceptors (Lipinski definition) is 5. The molecule has 1 saturated carbocycles. The summed E-state index contributed by atoms with van der Waals surface area (Å²) in [4.78, 5) is 26.9. The van der Waals surface area contributed by atoms with Gasteiger partial charge < -0.3 is 10.6 Å². The maximum atomic E-state index is 12.0. The normalized spacial score (nSPS) is 14.9. The molecule has 0 saturated heterocycles. The smallest absolute Gasteiger partial charge is 0.315 e. The van der Waals surface area contributed by atoms with E-state index in [0.29, 0.717) is 18.0 Å². The van der Waals surface area contributed by atoms with E-state index in [2.05, 4.69) is 15.6 Å². The molecular weight excluding hydrogens is 328 g/mol. The van der Waals surface area contributed by atoms with Crippen LogP contribution in [0.4, 0.5) is 10.5 Å². The molecule has 1 aliphatic rings. The highest BCUT2D eigenvalue weighted by atomic mass is 32.1. The average Bonchev–Trinajstić information content (AvgIpc) is 3.31. The molecule has 3 rings (SSSR count). The second kappa shape index (κ2) is 6.96. The van der Waals surface area contributed by atoms with Gasteiger partial charge in [-0.15, -0.1) is 11.3 Å². The minimum absolute atomic E-state index is 0.0108. The summed E-state index contributed by atoms with van der Waals surface area (Å²) in [5, 5.41) is 19.5. The zero-order valence-electron chi connectivity index (χ0n) is 13.2. The fourth-order valence-corrected chi connectivity index (χ4v) is 3.32. The third kappa shape index (κ3) is 4.08. The van der Waals surface area contributed by atoms with E-state index in [1.54, 1.807) is 30.4 Å². The predicted octanol–water partition coefficient (Wildman–Crippen LogP) is 3.49. The quantitative estimate of drug-likeness (QED) is 0.618. The first kappa shape index (κ1) is 16.4. The minimum atomic E-state index is -0.448. The molecule has 2 aromatic rings. The zero-order valence-corrected chi connectivity index (χ0v) is 14.0. The van der Waals surface area contributed by atoms with Crippen LogP contribution in [0.15, 0.2) is 29.6 Å². The molecule has 0 unspecified atom stereocenters. The van der Waals surface area contributed by atoms with E-state index in [1.165, 1.54) is 25.0 Å². The third-order valence-corrected chi connectivity index (χ3v) is 4.91. The number of carbonyl (C=O) groups excluding carboxylic acids is 1. The highest BCUT2D eigenvalue weighted by Crippen LogP contribution is 2.41. The summed E-state index contributed by atoms with van der Waals surface area (Å²) in [5.41, 5.74) is 1.56. The number of amides is 2. The molecule has 0 aliphatic heterocycles. The van der Waals surface area contributed by atoms with Crippen LogP contribution in [0.3, 0.4) is 0 Å². The van der Waals surface area contributed by atoms with E-state index in [0.717, 1.165) is 10.7 Å². The van der Waals surface area contributed by atoms with Crippen molar-refractivity contribution in [2.75, 3.05) is 0 Å². The Bertz CT molecular complexity index is 757. The fraction of sp³-hybridized carbons (Fsp3) is 0.375. The first-order chi connectivity index (χ1) is 11.5. The van der Waals surface area contributed by atoms with Crippen LogP contribution in [0.2, 0.25) is 0 Å². The minimum Gasteiger partial charge on any atom is -0.332 e. The molecule has 1 atom stereocenters. The SMILES string of the molecule is C[C@H](NC(=O)NCc1csc(C2CC2)n1)c1cccc([N+](=O)[O-])c1. The van der Waals surface area contributed by atoms with E-state index in [1.807, 2.05) is 5.38 Å². The van der Waals surface area contributed by atoms with Crippen molar-refractivity contribution in [2.45, 2.75) is 38.3 Å². The van der Waals surface area contributed by atoms with Crippen LogP contribution < -0.4 is 10.6 Å². The number of nitrogens with zero attached hydrogens (tertiary/aromatic N) is 2. The number of benzene rings is 1. The molecule has 1 aromatic carbocycles. The van der Waals surface area contributed by atoms with Gasteiger partial charge in [-0.25, -0.2) is 9.78 Å². The Morgan fingerprint density at radius 1 is 1.50 bits per heavy atom. The molecule has 1 aliphatic carbocycles. The molecular formula is C16H18N4O3S. The number of nitro benzene ring substituents is 1. The first-order valence-electron chi connectivity index (χ1n) is 7.76. The van der Waals surface area contributed by atoms with Crippen molar-refractivity contribution in [3.8, 4) is 0 Å². The van der Waals surface area contributed by atoms with E-state index in [4.69, 9.17) is 0 Å². The fourth-order valence-electron chi connectivity index (χ4n) is 2.33. The second-order valence-electron chi connectivity index (χ2n) is 5.85. The molecule has 1 heterocycles. The van der Waals surface area contributed by atoms with Gasteiger partial charge in [-0.3, -0.25) is 10.1 Å². The number of rotatable bonds is 6. The number of aromatic nitrogens is 1. The molecule has 0 spiro atoms. The molecule has 2 amide bonds. The highest BCUT2D eigenvalue weighted by molar-refractivity contribution is 7.09. The Hall–Kier alpha value is -2.48. The van der Waals surface area contributed by atoms with Crippen LogP contribution in [-0.4, -0.2) is 15.9 Å². The van der Waals surface area contributed by atoms with Crippen molar-refractivity contribution in [2.24, 2.45) is 0 Å². The van der Waals surface area contributed by atoms with Gasteiger partial charge in [-0.2, -0.15) is 0 Å². The standard InChI is InChI=1S/C16H18N4O3S/c1-10(12-3-2-4-14(7-12)20(22)23)18-16(21)17-8-13-9-24-15(19-13)11-5-6-11/h2-4,7,9-11H,5-6,8H2,1H3,(H2,17,18,21)/t10-/m0/s1. The van der Waals surface area contributed by atoms with Crippen LogP contribution in [-0.2, 0) is 6.54 Å². The first-order valence-corrected chi connectivity index (χ1v) is 8.64. The van der Waals surface area contributed by atoms with Crippen molar-refractivity contribution in [3.05, 3.63) is 56.0 Å². The van der Waals surface area contributed by atoms with E-state index in [-0.39, 0.29) is 17.8 Å². The molecule has 1 aromatic heterocycles. The van der Waals surface area contributed by atoms with Crippen LogP contribution in [0.1, 0.15) is 48.0 Å². The molecule has 1 fully saturated rings. The van der Waals surface area contributed by atoms with Crippen molar-refractivity contribution >= 4 is 23.1 Å². The molecule has 24 heavy (non-hydrogen) atoms. The van der Waals surface area contributed by atoms with Crippen LogP contribution >= 0.6 is 11.3 Å². The lowest BCUT2D eigenvalue weighted by molar-refractivity contribution is -0.384. The number of non-ortho nitro benzene ring substituents is 1. The summed E-state index contributed by atoms with van der Waals surface area (Å²) < 4.78 is 0. The van der Waals surface area contributed by atoms with Crippen LogP contribution in [0.25, 0.3) is 0 Å². The van der Waals surface area contributed by atoms with Crippen molar-refractivity contribution < 1.29 is 9.72 Å². The lowest BCUT2D eigenvalue weighted by atomic mass is 10.1. The van der Waals surface area contributed by atoms with E-state index < -0.39 is 4.92 Å². The Labute approximate surface area is 143 Å². The highest BCUT2D eigenvalue weighted by Gasteiger charge is 2.26. The van der Waals surface area contributed by atoms with Gasteiger partial charge in [-0.05, 0) is 25.3 Å². The third-order valence-electron chi connectivity index (χ3n) is 3.85. The van der Waals surface area contributed by atoms with Gasteiger partial charge in [0.25, 0.3) is 5.69 Å². The summed E-state index contributed by atoms with van der Waals surface area (Å²) in [6.45, 7) is 2.16. The van der Waals surface area contributed by atoms with Gasteiger partial charge in [0.05, 0.1) is 28.2 Å². The van der Waals surface area contributed by atoms with Gasteiger partial charge in [0.2, 0.25) is 0 Å². The zero-order chi connectivity index (χ0) is 17.1. The van der Waals surface area contributed by atoms with Gasteiger partial charge >= 0.3 is 6.03 Å². The number of thiazole rings is 1. The maximum absolute atomic E-state index is 12.0. The topological polar surface area (TPSA) is 97.2 Å². The largest absolute Gasteiger partial charge is 0.332 e. The molecule has 2 N–H and O–H groups in total. The van der Waals surface area contributed by atoms with Gasteiger partial charge in [0.1, 0.15) is 0 Å². The average molecular weight is 346 g/mol. The summed E-state index contributed by atoms with van der Waals surface area (Å²) in [5.74, 6) is 0.617. The molecule has 8 heteroatoms. The number of nitro groups is 1. The molecule has 126 valence electrons. The van der Waals surface area contributed by atoms with Gasteiger partial charge in [0.15, 0.2) is 0 Å². The summed E-state index contributed by atoms with van der Waals surface area (Å²) in [7, 11) is 0. The molecule has 0 radical (unpaired) electrons. The second-order valence-corrected chi connectivity index (χ2v) is 6.74. The van der Waals surface area contributed by atoms with Gasteiger partial charge in [0, 0.05) is 23.4 Å². The lowest BCUT2D eigenvalue weighted by Gasteiger charge is -2.14. The summed E-state index contributed by atoms with van der Waals surface area (Å²) >= 11 is 1.64. The number of urea groups is 1. The number of hydrogen-bond donors (Lipinski definition) is 2. The summed E-state index contributed by atoms with van der Waals surface area (Å²) in [6.07, 6.45) is 2.42. The maximum Gasteiger partial charge on any atom is 0.315 e. The monoisotopic (exact) mass is 346 g/mol. The lowest BCUT2D eigenvalue weighted by Crippen LogP contribution is -2.36. The molecule has 7 nitrogen and oxygen atoms in total. The predicted molar refractivity (Wildman–Crippen MR) is 91.0 cm³/mol. The number of nitrogens with one attached hydrogen (secondary N) is 2. The van der Waals surface area contributed by atoms with E-state index >= 15 is 0 Å². The summed E-state index contributed by atoms with van der Waals surface area (Å²) in [6, 6.07) is 5.60.